The lowest BCUT2D eigenvalue weighted by atomic mass is 10.0. The van der Waals surface area contributed by atoms with Crippen molar-refractivity contribution in [1.82, 2.24) is 4.98 Å². The van der Waals surface area contributed by atoms with Crippen molar-refractivity contribution >= 4 is 22.0 Å². The maximum Gasteiger partial charge on any atom is 0.106 e. The van der Waals surface area contributed by atoms with Gasteiger partial charge in [0.25, 0.3) is 0 Å². The summed E-state index contributed by atoms with van der Waals surface area (Å²) in [5.41, 5.74) is 1.88. The summed E-state index contributed by atoms with van der Waals surface area (Å²) in [4.78, 5) is 4.16. The van der Waals surface area contributed by atoms with Gasteiger partial charge in [-0.3, -0.25) is 0 Å². The van der Waals surface area contributed by atoms with Crippen LogP contribution in [0.1, 0.15) is 17.7 Å². The van der Waals surface area contributed by atoms with E-state index >= 15 is 0 Å². The van der Waals surface area contributed by atoms with Gasteiger partial charge in [-0.05, 0) is 40.1 Å². The van der Waals surface area contributed by atoms with E-state index in [9.17, 15) is 4.39 Å². The van der Waals surface area contributed by atoms with Gasteiger partial charge >= 0.3 is 0 Å². The highest BCUT2D eigenvalue weighted by Crippen LogP contribution is 2.24. The molecule has 0 aliphatic heterocycles. The van der Waals surface area contributed by atoms with Crippen molar-refractivity contribution in [2.24, 2.45) is 0 Å². The first kappa shape index (κ1) is 7.92. The van der Waals surface area contributed by atoms with Gasteiger partial charge in [-0.25, -0.2) is 9.37 Å². The van der Waals surface area contributed by atoms with Crippen molar-refractivity contribution in [3.63, 3.8) is 0 Å². The van der Waals surface area contributed by atoms with Crippen LogP contribution in [0.3, 0.4) is 0 Å². The standard InChI is InChI=1S/C9H7BrFN/c10-9-4-2-6-1-3-7(11)5-8(6)12-9/h2,4-5H,1,3H2. The lowest BCUT2D eigenvalue weighted by Gasteiger charge is -2.10. The zero-order chi connectivity index (χ0) is 8.55. The third-order valence-corrected chi connectivity index (χ3v) is 2.35. The van der Waals surface area contributed by atoms with Gasteiger partial charge in [-0.15, -0.1) is 0 Å². The van der Waals surface area contributed by atoms with Crippen molar-refractivity contribution in [3.05, 3.63) is 33.8 Å². The smallest absolute Gasteiger partial charge is 0.106 e. The van der Waals surface area contributed by atoms with E-state index in [1.807, 2.05) is 12.1 Å². The molecule has 0 amide bonds. The molecule has 3 heteroatoms. The molecule has 1 heterocycles. The summed E-state index contributed by atoms with van der Waals surface area (Å²) >= 11 is 3.25. The zero-order valence-electron chi connectivity index (χ0n) is 6.35. The molecule has 0 fully saturated rings. The summed E-state index contributed by atoms with van der Waals surface area (Å²) in [6, 6.07) is 3.87. The maximum absolute atomic E-state index is 12.8. The van der Waals surface area contributed by atoms with Gasteiger partial charge in [0, 0.05) is 6.42 Å². The number of nitrogens with zero attached hydrogens (tertiary/aromatic N) is 1. The summed E-state index contributed by atoms with van der Waals surface area (Å²) in [5, 5.41) is 0. The number of halogens is 2. The monoisotopic (exact) mass is 227 g/mol. The van der Waals surface area contributed by atoms with Gasteiger partial charge in [0.1, 0.15) is 10.4 Å². The molecule has 0 saturated carbocycles. The van der Waals surface area contributed by atoms with Gasteiger partial charge < -0.3 is 0 Å². The first-order chi connectivity index (χ1) is 5.75. The lowest BCUT2D eigenvalue weighted by molar-refractivity contribution is 0.589. The van der Waals surface area contributed by atoms with E-state index in [2.05, 4.69) is 20.9 Å². The van der Waals surface area contributed by atoms with Crippen LogP contribution in [-0.4, -0.2) is 4.98 Å². The number of allylic oxidation sites excluding steroid dienone is 1. The third-order valence-electron chi connectivity index (χ3n) is 1.90. The second-order valence-electron chi connectivity index (χ2n) is 2.77. The minimum absolute atomic E-state index is 0.0758. The summed E-state index contributed by atoms with van der Waals surface area (Å²) in [7, 11) is 0. The molecule has 0 unspecified atom stereocenters. The summed E-state index contributed by atoms with van der Waals surface area (Å²) in [5.74, 6) is -0.0758. The normalized spacial score (nSPS) is 15.3. The fourth-order valence-electron chi connectivity index (χ4n) is 1.29. The van der Waals surface area contributed by atoms with Crippen molar-refractivity contribution in [1.29, 1.82) is 0 Å². The Morgan fingerprint density at radius 3 is 3.00 bits per heavy atom. The minimum Gasteiger partial charge on any atom is -0.241 e. The Morgan fingerprint density at radius 2 is 2.17 bits per heavy atom. The Hall–Kier alpha value is -0.700. The van der Waals surface area contributed by atoms with E-state index < -0.39 is 0 Å². The molecule has 1 aromatic heterocycles. The second kappa shape index (κ2) is 2.98. The Balaban J connectivity index is 2.53. The Morgan fingerprint density at radius 1 is 1.33 bits per heavy atom. The van der Waals surface area contributed by atoms with E-state index in [-0.39, 0.29) is 5.83 Å². The first-order valence-electron chi connectivity index (χ1n) is 3.77. The predicted octanol–water partition coefficient (Wildman–Crippen LogP) is 3.10. The molecular formula is C9H7BrFN. The van der Waals surface area contributed by atoms with Crippen LogP contribution in [0.2, 0.25) is 0 Å². The van der Waals surface area contributed by atoms with Crippen LogP contribution in [-0.2, 0) is 6.42 Å². The molecule has 12 heavy (non-hydrogen) atoms. The molecule has 0 radical (unpaired) electrons. The molecule has 0 bridgehead atoms. The number of hydrogen-bond donors (Lipinski definition) is 0. The van der Waals surface area contributed by atoms with Crippen molar-refractivity contribution in [3.8, 4) is 0 Å². The third kappa shape index (κ3) is 1.41. The van der Waals surface area contributed by atoms with Crippen LogP contribution in [0.5, 0.6) is 0 Å². The van der Waals surface area contributed by atoms with Crippen LogP contribution < -0.4 is 0 Å². The van der Waals surface area contributed by atoms with Crippen LogP contribution >= 0.6 is 15.9 Å². The summed E-state index contributed by atoms with van der Waals surface area (Å²) in [6.07, 6.45) is 2.78. The fourth-order valence-corrected chi connectivity index (χ4v) is 1.61. The van der Waals surface area contributed by atoms with E-state index in [0.29, 0.717) is 6.42 Å². The lowest BCUT2D eigenvalue weighted by Crippen LogP contribution is -1.99. The van der Waals surface area contributed by atoms with E-state index in [1.165, 1.54) is 6.08 Å². The highest BCUT2D eigenvalue weighted by atomic mass is 79.9. The second-order valence-corrected chi connectivity index (χ2v) is 3.58. The van der Waals surface area contributed by atoms with Gasteiger partial charge in [0.05, 0.1) is 5.69 Å². The SMILES string of the molecule is FC1=Cc2nc(Br)ccc2CC1. The Labute approximate surface area is 78.4 Å². The van der Waals surface area contributed by atoms with Crippen LogP contribution in [0.25, 0.3) is 6.08 Å². The summed E-state index contributed by atoms with van der Waals surface area (Å²) in [6.45, 7) is 0. The zero-order valence-corrected chi connectivity index (χ0v) is 7.94. The fraction of sp³-hybridized carbons (Fsp3) is 0.222. The number of aromatic nitrogens is 1. The van der Waals surface area contributed by atoms with Crippen molar-refractivity contribution in [2.45, 2.75) is 12.8 Å². The van der Waals surface area contributed by atoms with Gasteiger partial charge in [-0.1, -0.05) is 6.07 Å². The van der Waals surface area contributed by atoms with E-state index in [1.54, 1.807) is 0 Å². The molecule has 1 aromatic rings. The van der Waals surface area contributed by atoms with E-state index in [0.717, 1.165) is 22.3 Å². The number of hydrogen-bond acceptors (Lipinski definition) is 1. The number of rotatable bonds is 0. The quantitative estimate of drug-likeness (QED) is 0.621. The average molecular weight is 228 g/mol. The molecule has 0 spiro atoms. The molecule has 1 aliphatic rings. The van der Waals surface area contributed by atoms with Crippen LogP contribution in [0.15, 0.2) is 22.6 Å². The highest BCUT2D eigenvalue weighted by Gasteiger charge is 2.10. The van der Waals surface area contributed by atoms with Gasteiger partial charge in [0.15, 0.2) is 0 Å². The topological polar surface area (TPSA) is 12.9 Å². The number of aryl methyl sites for hydroxylation is 1. The molecule has 1 aliphatic carbocycles. The predicted molar refractivity (Wildman–Crippen MR) is 49.3 cm³/mol. The minimum atomic E-state index is -0.0758. The average Bonchev–Trinajstić information content (AvgIpc) is 2.03. The molecule has 0 saturated heterocycles. The summed E-state index contributed by atoms with van der Waals surface area (Å²) < 4.78 is 13.6. The largest absolute Gasteiger partial charge is 0.241 e. The van der Waals surface area contributed by atoms with Gasteiger partial charge in [-0.2, -0.15) is 0 Å². The first-order valence-corrected chi connectivity index (χ1v) is 4.56. The number of pyridine rings is 1. The molecule has 2 rings (SSSR count). The van der Waals surface area contributed by atoms with E-state index in [4.69, 9.17) is 0 Å². The molecule has 1 nitrogen and oxygen atoms in total. The van der Waals surface area contributed by atoms with Crippen molar-refractivity contribution in [2.75, 3.05) is 0 Å². The van der Waals surface area contributed by atoms with Crippen molar-refractivity contribution < 1.29 is 4.39 Å². The number of fused-ring (bicyclic) bond motifs is 1. The molecule has 62 valence electrons. The molecular weight excluding hydrogens is 221 g/mol. The Bertz CT molecular complexity index is 346. The van der Waals surface area contributed by atoms with Crippen LogP contribution in [0, 0.1) is 0 Å². The molecule has 0 N–H and O–H groups in total. The molecule has 0 aromatic carbocycles. The highest BCUT2D eigenvalue weighted by molar-refractivity contribution is 9.10. The Kier molecular flexibility index (Phi) is 1.97. The van der Waals surface area contributed by atoms with Gasteiger partial charge in [0.2, 0.25) is 0 Å². The maximum atomic E-state index is 12.8. The van der Waals surface area contributed by atoms with Crippen LogP contribution in [0.4, 0.5) is 4.39 Å². The molecule has 0 atom stereocenters.